The maximum absolute atomic E-state index is 11.9. The van der Waals surface area contributed by atoms with E-state index < -0.39 is 0 Å². The van der Waals surface area contributed by atoms with Crippen molar-refractivity contribution in [3.05, 3.63) is 38.5 Å². The number of rotatable bonds is 4. The van der Waals surface area contributed by atoms with E-state index in [4.69, 9.17) is 23.2 Å². The van der Waals surface area contributed by atoms with Gasteiger partial charge in [0.15, 0.2) is 11.6 Å². The number of imidazole rings is 1. The zero-order valence-corrected chi connectivity index (χ0v) is 11.6. The quantitative estimate of drug-likeness (QED) is 0.643. The molecule has 0 aliphatic rings. The van der Waals surface area contributed by atoms with Gasteiger partial charge in [-0.15, -0.1) is 11.3 Å². The number of carbonyl (C=O) groups is 2. The van der Waals surface area contributed by atoms with E-state index in [0.717, 1.165) is 11.3 Å². The molecule has 2 heterocycles. The van der Waals surface area contributed by atoms with Gasteiger partial charge in [0.05, 0.1) is 10.8 Å². The first-order chi connectivity index (χ1) is 8.49. The summed E-state index contributed by atoms with van der Waals surface area (Å²) >= 11 is 12.7. The van der Waals surface area contributed by atoms with Crippen molar-refractivity contribution in [3.8, 4) is 0 Å². The van der Waals surface area contributed by atoms with Gasteiger partial charge in [-0.25, -0.2) is 4.98 Å². The number of halogens is 2. The fourth-order valence-corrected chi connectivity index (χ4v) is 2.98. The molecule has 0 saturated carbocycles. The summed E-state index contributed by atoms with van der Waals surface area (Å²) in [5, 5.41) is 0. The molecule has 0 radical (unpaired) electrons. The zero-order valence-electron chi connectivity index (χ0n) is 9.31. The highest BCUT2D eigenvalue weighted by molar-refractivity contribution is 7.20. The second-order valence-electron chi connectivity index (χ2n) is 3.62. The van der Waals surface area contributed by atoms with Gasteiger partial charge in [-0.3, -0.25) is 9.59 Å². The molecule has 0 aliphatic carbocycles. The fourth-order valence-electron chi connectivity index (χ4n) is 1.48. The van der Waals surface area contributed by atoms with Crippen LogP contribution in [0.2, 0.25) is 8.67 Å². The smallest absolute Gasteiger partial charge is 0.205 e. The van der Waals surface area contributed by atoms with E-state index in [2.05, 4.69) is 4.98 Å². The van der Waals surface area contributed by atoms with Gasteiger partial charge in [-0.2, -0.15) is 0 Å². The molecule has 2 rings (SSSR count). The minimum Gasteiger partial charge on any atom is -0.332 e. The van der Waals surface area contributed by atoms with Gasteiger partial charge in [0.1, 0.15) is 4.34 Å². The molecule has 0 saturated heterocycles. The summed E-state index contributed by atoms with van der Waals surface area (Å²) in [6.07, 6.45) is 2.88. The maximum Gasteiger partial charge on any atom is 0.205 e. The molecule has 2 aromatic rings. The highest BCUT2D eigenvalue weighted by Crippen LogP contribution is 2.32. The minimum absolute atomic E-state index is 0.251. The molecule has 0 fully saturated rings. The van der Waals surface area contributed by atoms with Crippen LogP contribution in [0, 0.1) is 0 Å². The first-order valence-electron chi connectivity index (χ1n) is 4.97. The largest absolute Gasteiger partial charge is 0.332 e. The number of Topliss-reactive ketones (excluding diaryl/α,β-unsaturated/α-hetero) is 2. The van der Waals surface area contributed by atoms with Crippen molar-refractivity contribution < 1.29 is 9.59 Å². The Morgan fingerprint density at radius 1 is 1.39 bits per heavy atom. The summed E-state index contributed by atoms with van der Waals surface area (Å²) < 4.78 is 2.29. The van der Waals surface area contributed by atoms with Crippen LogP contribution in [-0.2, 0) is 7.05 Å². The Kier molecular flexibility index (Phi) is 3.85. The lowest BCUT2D eigenvalue weighted by atomic mass is 10.1. The molecule has 0 aromatic carbocycles. The predicted molar refractivity (Wildman–Crippen MR) is 70.8 cm³/mol. The van der Waals surface area contributed by atoms with E-state index in [1.54, 1.807) is 17.8 Å². The first kappa shape index (κ1) is 13.3. The van der Waals surface area contributed by atoms with Crippen LogP contribution < -0.4 is 0 Å². The van der Waals surface area contributed by atoms with Gasteiger partial charge in [0.2, 0.25) is 5.78 Å². The van der Waals surface area contributed by atoms with Crippen LogP contribution in [0.1, 0.15) is 27.4 Å². The summed E-state index contributed by atoms with van der Waals surface area (Å²) in [5.41, 5.74) is 0.286. The third-order valence-electron chi connectivity index (χ3n) is 2.35. The Balaban J connectivity index is 2.16. The van der Waals surface area contributed by atoms with E-state index in [1.807, 2.05) is 0 Å². The van der Waals surface area contributed by atoms with Crippen molar-refractivity contribution in [1.29, 1.82) is 0 Å². The monoisotopic (exact) mass is 302 g/mol. The standard InChI is InChI=1S/C11H8Cl2N2O2S/c1-15-3-2-14-11(15)8(17)5-7(16)6-4-9(12)18-10(6)13/h2-4H,5H2,1H3. The molecule has 0 atom stereocenters. The van der Waals surface area contributed by atoms with E-state index in [1.165, 1.54) is 12.3 Å². The number of carbonyl (C=O) groups excluding carboxylic acids is 2. The van der Waals surface area contributed by atoms with Crippen LogP contribution in [0.3, 0.4) is 0 Å². The molecule has 0 N–H and O–H groups in total. The molecule has 2 aromatic heterocycles. The lowest BCUT2D eigenvalue weighted by Crippen LogP contribution is -2.12. The highest BCUT2D eigenvalue weighted by Gasteiger charge is 2.20. The van der Waals surface area contributed by atoms with Gasteiger partial charge in [0.25, 0.3) is 0 Å². The average Bonchev–Trinajstić information content (AvgIpc) is 2.84. The lowest BCUT2D eigenvalue weighted by molar-refractivity contribution is 0.0887. The highest BCUT2D eigenvalue weighted by atomic mass is 35.5. The summed E-state index contributed by atoms with van der Waals surface area (Å²) in [6, 6.07) is 1.47. The summed E-state index contributed by atoms with van der Waals surface area (Å²) in [4.78, 5) is 27.6. The minimum atomic E-state index is -0.351. The van der Waals surface area contributed by atoms with Crippen molar-refractivity contribution in [2.24, 2.45) is 7.05 Å². The summed E-state index contributed by atoms with van der Waals surface area (Å²) in [6.45, 7) is 0. The van der Waals surface area contributed by atoms with Crippen LogP contribution in [0.15, 0.2) is 18.5 Å². The number of thiophene rings is 1. The van der Waals surface area contributed by atoms with Crippen LogP contribution >= 0.6 is 34.5 Å². The molecular weight excluding hydrogens is 295 g/mol. The second kappa shape index (κ2) is 5.22. The van der Waals surface area contributed by atoms with Gasteiger partial charge in [-0.05, 0) is 6.07 Å². The van der Waals surface area contributed by atoms with Crippen LogP contribution in [0.5, 0.6) is 0 Å². The Morgan fingerprint density at radius 2 is 2.11 bits per heavy atom. The normalized spacial score (nSPS) is 10.6. The first-order valence-corrected chi connectivity index (χ1v) is 6.55. The molecular formula is C11H8Cl2N2O2S. The number of nitrogens with zero attached hydrogens (tertiary/aromatic N) is 2. The number of hydrogen-bond acceptors (Lipinski definition) is 4. The third-order valence-corrected chi connectivity index (χ3v) is 3.84. The number of hydrogen-bond donors (Lipinski definition) is 0. The molecule has 0 unspecified atom stereocenters. The Morgan fingerprint density at radius 3 is 2.61 bits per heavy atom. The SMILES string of the molecule is Cn1ccnc1C(=O)CC(=O)c1cc(Cl)sc1Cl. The lowest BCUT2D eigenvalue weighted by Gasteiger charge is -2.00. The van der Waals surface area contributed by atoms with Crippen molar-refractivity contribution in [2.45, 2.75) is 6.42 Å². The van der Waals surface area contributed by atoms with Gasteiger partial charge >= 0.3 is 0 Å². The molecule has 94 valence electrons. The van der Waals surface area contributed by atoms with Crippen molar-refractivity contribution in [2.75, 3.05) is 0 Å². The van der Waals surface area contributed by atoms with E-state index >= 15 is 0 Å². The summed E-state index contributed by atoms with van der Waals surface area (Å²) in [5.74, 6) is -0.442. The van der Waals surface area contributed by atoms with Crippen LogP contribution in [-0.4, -0.2) is 21.1 Å². The third kappa shape index (κ3) is 2.63. The predicted octanol–water partition coefficient (Wildman–Crippen LogP) is 3.24. The average molecular weight is 303 g/mol. The van der Waals surface area contributed by atoms with Crippen LogP contribution in [0.4, 0.5) is 0 Å². The van der Waals surface area contributed by atoms with Gasteiger partial charge in [0, 0.05) is 25.0 Å². The maximum atomic E-state index is 11.9. The molecule has 0 amide bonds. The van der Waals surface area contributed by atoms with E-state index in [9.17, 15) is 9.59 Å². The van der Waals surface area contributed by atoms with Crippen molar-refractivity contribution in [3.63, 3.8) is 0 Å². The number of aromatic nitrogens is 2. The Labute approximate surface area is 117 Å². The van der Waals surface area contributed by atoms with E-state index in [-0.39, 0.29) is 29.4 Å². The van der Waals surface area contributed by atoms with E-state index in [0.29, 0.717) is 8.67 Å². The molecule has 0 bridgehead atoms. The fraction of sp³-hybridized carbons (Fsp3) is 0.182. The number of aryl methyl sites for hydroxylation is 1. The van der Waals surface area contributed by atoms with Crippen molar-refractivity contribution in [1.82, 2.24) is 9.55 Å². The van der Waals surface area contributed by atoms with Crippen LogP contribution in [0.25, 0.3) is 0 Å². The molecule has 0 spiro atoms. The Bertz CT molecular complexity index is 618. The van der Waals surface area contributed by atoms with Gasteiger partial charge < -0.3 is 4.57 Å². The Hall–Kier alpha value is -1.17. The van der Waals surface area contributed by atoms with Gasteiger partial charge in [-0.1, -0.05) is 23.2 Å². The number of ketones is 2. The molecule has 0 aliphatic heterocycles. The summed E-state index contributed by atoms with van der Waals surface area (Å²) in [7, 11) is 1.69. The molecule has 7 heteroatoms. The second-order valence-corrected chi connectivity index (χ2v) is 5.91. The van der Waals surface area contributed by atoms with Crippen molar-refractivity contribution >= 4 is 46.1 Å². The molecule has 18 heavy (non-hydrogen) atoms. The topological polar surface area (TPSA) is 52.0 Å². The molecule has 4 nitrogen and oxygen atoms in total. The zero-order chi connectivity index (χ0) is 13.3.